The first-order chi connectivity index (χ1) is 11.7. The first kappa shape index (κ1) is 24.1. The van der Waals surface area contributed by atoms with Gasteiger partial charge in [-0.05, 0) is 48.9 Å². The smallest absolute Gasteiger partial charge is 0.137 e. The molecule has 0 nitrogen and oxygen atoms in total. The average Bonchev–Trinajstić information content (AvgIpc) is 2.62. The molecule has 0 atom stereocenters. The Balaban J connectivity index is 3.37. The second-order valence-electron chi connectivity index (χ2n) is 7.19. The number of hydrogen-bond donors (Lipinski definition) is 0. The molecule has 142 valence electrons. The van der Waals surface area contributed by atoms with E-state index in [1.807, 2.05) is 0 Å². The molecule has 0 amide bonds. The van der Waals surface area contributed by atoms with Gasteiger partial charge in [0.1, 0.15) is 8.07 Å². The van der Waals surface area contributed by atoms with Gasteiger partial charge in [-0.2, -0.15) is 11.8 Å². The molecule has 0 saturated carbocycles. The van der Waals surface area contributed by atoms with E-state index in [0.29, 0.717) is 0 Å². The van der Waals surface area contributed by atoms with Crippen molar-refractivity contribution >= 4 is 19.8 Å². The van der Waals surface area contributed by atoms with E-state index in [1.165, 1.54) is 93.8 Å². The van der Waals surface area contributed by atoms with Gasteiger partial charge in [0.25, 0.3) is 0 Å². The maximum Gasteiger partial charge on any atom is 0.137 e. The van der Waals surface area contributed by atoms with Crippen LogP contribution in [-0.4, -0.2) is 19.6 Å². The molecule has 0 aromatic rings. The van der Waals surface area contributed by atoms with Crippen molar-refractivity contribution in [1.29, 1.82) is 0 Å². The summed E-state index contributed by atoms with van der Waals surface area (Å²) in [5, 5.41) is 0. The van der Waals surface area contributed by atoms with Crippen molar-refractivity contribution in [2.24, 2.45) is 0 Å². The van der Waals surface area contributed by atoms with Gasteiger partial charge < -0.3 is 0 Å². The molecule has 24 heavy (non-hydrogen) atoms. The van der Waals surface area contributed by atoms with Crippen molar-refractivity contribution in [3.05, 3.63) is 0 Å². The zero-order chi connectivity index (χ0) is 17.9. The Hall–Kier alpha value is 0.127. The van der Waals surface area contributed by atoms with Gasteiger partial charge >= 0.3 is 0 Å². The molecule has 0 unspecified atom stereocenters. The van der Waals surface area contributed by atoms with Crippen LogP contribution in [0.2, 0.25) is 18.1 Å². The number of unbranched alkanes of at least 4 members (excludes halogenated alkanes) is 9. The lowest BCUT2D eigenvalue weighted by atomic mass is 10.1. The molecule has 0 aromatic heterocycles. The maximum atomic E-state index is 3.71. The van der Waals surface area contributed by atoms with Crippen molar-refractivity contribution in [2.45, 2.75) is 116 Å². The summed E-state index contributed by atoms with van der Waals surface area (Å²) in [6, 6.07) is 4.01. The molecule has 0 bridgehead atoms. The number of thioether (sulfide) groups is 1. The fourth-order valence-electron chi connectivity index (χ4n) is 3.17. The molecule has 2 heteroatoms. The van der Waals surface area contributed by atoms with Crippen molar-refractivity contribution < 1.29 is 0 Å². The van der Waals surface area contributed by atoms with Crippen LogP contribution in [0, 0.1) is 11.5 Å². The highest BCUT2D eigenvalue weighted by molar-refractivity contribution is 7.99. The van der Waals surface area contributed by atoms with Crippen molar-refractivity contribution in [3.8, 4) is 11.5 Å². The maximum absolute atomic E-state index is 3.71. The summed E-state index contributed by atoms with van der Waals surface area (Å²) >= 11 is 2.13. The van der Waals surface area contributed by atoms with Crippen molar-refractivity contribution in [3.63, 3.8) is 0 Å². The molecule has 0 saturated heterocycles. The molecule has 0 N–H and O–H groups in total. The van der Waals surface area contributed by atoms with E-state index in [1.54, 1.807) is 0 Å². The summed E-state index contributed by atoms with van der Waals surface area (Å²) in [7, 11) is -1.19. The quantitative estimate of drug-likeness (QED) is 0.151. The minimum atomic E-state index is -1.19. The van der Waals surface area contributed by atoms with E-state index < -0.39 is 8.07 Å². The second kappa shape index (κ2) is 17.9. The van der Waals surface area contributed by atoms with Crippen LogP contribution in [-0.2, 0) is 0 Å². The van der Waals surface area contributed by atoms with E-state index in [2.05, 4.69) is 50.9 Å². The third kappa shape index (κ3) is 13.4. The fourth-order valence-corrected chi connectivity index (χ4v) is 6.60. The molecule has 0 radical (unpaired) electrons. The lowest BCUT2D eigenvalue weighted by molar-refractivity contribution is 0.568. The summed E-state index contributed by atoms with van der Waals surface area (Å²) in [6.07, 6.45) is 15.3. The molecular weight excluding hydrogens is 324 g/mol. The first-order valence-electron chi connectivity index (χ1n) is 10.8. The highest BCUT2D eigenvalue weighted by Gasteiger charge is 2.23. The van der Waals surface area contributed by atoms with Gasteiger partial charge in [0.05, 0.1) is 0 Å². The number of rotatable bonds is 16. The third-order valence-corrected chi connectivity index (χ3v) is 11.4. The summed E-state index contributed by atoms with van der Waals surface area (Å²) in [5.41, 5.74) is 3.71. The van der Waals surface area contributed by atoms with E-state index in [-0.39, 0.29) is 0 Å². The molecule has 0 aliphatic carbocycles. The normalized spacial score (nSPS) is 11.3. The Kier molecular flexibility index (Phi) is 18.0. The molecule has 0 rings (SSSR count). The van der Waals surface area contributed by atoms with Gasteiger partial charge in [-0.15, -0.1) is 11.5 Å². The van der Waals surface area contributed by atoms with Crippen LogP contribution < -0.4 is 0 Å². The Labute approximate surface area is 159 Å². The topological polar surface area (TPSA) is 0 Å². The van der Waals surface area contributed by atoms with Gasteiger partial charge in [0, 0.05) is 6.42 Å². The summed E-state index contributed by atoms with van der Waals surface area (Å²) in [6.45, 7) is 9.31. The predicted octanol–water partition coefficient (Wildman–Crippen LogP) is 8.08. The lowest BCUT2D eigenvalue weighted by Gasteiger charge is -2.20. The Morgan fingerprint density at radius 3 is 1.62 bits per heavy atom. The standard InChI is InChI=1S/C22H44SSi/c1-5-20-23-21-18-16-14-12-10-9-11-13-15-17-19-22-24(6-2,7-3)8-4/h5-18,20-21H2,1-4H3. The van der Waals surface area contributed by atoms with E-state index >= 15 is 0 Å². The SMILES string of the molecule is CCCSCCCCCCCCCCCC#C[Si](CC)(CC)CC. The van der Waals surface area contributed by atoms with Gasteiger partial charge in [0.2, 0.25) is 0 Å². The lowest BCUT2D eigenvalue weighted by Crippen LogP contribution is -2.29. The minimum Gasteiger partial charge on any atom is -0.162 e. The zero-order valence-electron chi connectivity index (χ0n) is 17.2. The second-order valence-corrected chi connectivity index (χ2v) is 13.3. The van der Waals surface area contributed by atoms with E-state index in [9.17, 15) is 0 Å². The monoisotopic (exact) mass is 368 g/mol. The van der Waals surface area contributed by atoms with Crippen molar-refractivity contribution in [1.82, 2.24) is 0 Å². The highest BCUT2D eigenvalue weighted by atomic mass is 32.2. The molecule has 0 heterocycles. The Morgan fingerprint density at radius 1 is 0.625 bits per heavy atom. The van der Waals surface area contributed by atoms with Crippen LogP contribution in [0.4, 0.5) is 0 Å². The minimum absolute atomic E-state index is 1.14. The summed E-state index contributed by atoms with van der Waals surface area (Å²) in [5.74, 6) is 6.26. The Bertz CT molecular complexity index is 303. The van der Waals surface area contributed by atoms with Crippen LogP contribution in [0.25, 0.3) is 0 Å². The number of hydrogen-bond acceptors (Lipinski definition) is 1. The van der Waals surface area contributed by atoms with Crippen LogP contribution in [0.3, 0.4) is 0 Å². The fraction of sp³-hybridized carbons (Fsp3) is 0.909. The summed E-state index contributed by atoms with van der Waals surface area (Å²) in [4.78, 5) is 0. The molecule has 0 spiro atoms. The van der Waals surface area contributed by atoms with E-state index in [0.717, 1.165) is 6.42 Å². The molecule has 0 aliphatic rings. The highest BCUT2D eigenvalue weighted by Crippen LogP contribution is 2.19. The van der Waals surface area contributed by atoms with E-state index in [4.69, 9.17) is 0 Å². The van der Waals surface area contributed by atoms with Gasteiger partial charge in [-0.3, -0.25) is 0 Å². The van der Waals surface area contributed by atoms with Gasteiger partial charge in [-0.1, -0.05) is 72.6 Å². The predicted molar refractivity (Wildman–Crippen MR) is 119 cm³/mol. The molecule has 0 fully saturated rings. The third-order valence-electron chi connectivity index (χ3n) is 5.32. The van der Waals surface area contributed by atoms with Crippen LogP contribution in [0.5, 0.6) is 0 Å². The Morgan fingerprint density at radius 2 is 1.12 bits per heavy atom. The van der Waals surface area contributed by atoms with Crippen LogP contribution in [0.15, 0.2) is 0 Å². The molecule has 0 aromatic carbocycles. The molecule has 0 aliphatic heterocycles. The van der Waals surface area contributed by atoms with Gasteiger partial charge in [0.15, 0.2) is 0 Å². The van der Waals surface area contributed by atoms with Crippen LogP contribution in [0.1, 0.15) is 98.3 Å². The molecular formula is C22H44SSi. The summed E-state index contributed by atoms with van der Waals surface area (Å²) < 4.78 is 0. The zero-order valence-corrected chi connectivity index (χ0v) is 19.0. The van der Waals surface area contributed by atoms with Crippen LogP contribution >= 0.6 is 11.8 Å². The largest absolute Gasteiger partial charge is 0.162 e. The first-order valence-corrected chi connectivity index (χ1v) is 14.6. The van der Waals surface area contributed by atoms with Crippen molar-refractivity contribution in [2.75, 3.05) is 11.5 Å². The average molecular weight is 369 g/mol. The van der Waals surface area contributed by atoms with Gasteiger partial charge in [-0.25, -0.2) is 0 Å².